The minimum absolute atomic E-state index is 0.0433. The van der Waals surface area contributed by atoms with Crippen molar-refractivity contribution < 1.29 is 22.4 Å². The highest BCUT2D eigenvalue weighted by molar-refractivity contribution is 6.30. The van der Waals surface area contributed by atoms with Gasteiger partial charge in [0.25, 0.3) is 0 Å². The van der Waals surface area contributed by atoms with Gasteiger partial charge in [-0.15, -0.1) is 5.10 Å². The van der Waals surface area contributed by atoms with Crippen LogP contribution in [-0.2, 0) is 12.7 Å². The van der Waals surface area contributed by atoms with Gasteiger partial charge in [0.05, 0.1) is 23.0 Å². The van der Waals surface area contributed by atoms with Gasteiger partial charge in [-0.05, 0) is 35.9 Å². The van der Waals surface area contributed by atoms with E-state index in [0.717, 1.165) is 10.7 Å². The number of carbonyl (C=O) groups is 1. The van der Waals surface area contributed by atoms with Crippen LogP contribution in [0.1, 0.15) is 21.5 Å². The maximum atomic E-state index is 13.9. The third-order valence-corrected chi connectivity index (χ3v) is 3.80. The van der Waals surface area contributed by atoms with Crippen LogP contribution in [0.2, 0.25) is 5.02 Å². The molecule has 0 fully saturated rings. The van der Waals surface area contributed by atoms with Gasteiger partial charge < -0.3 is 0 Å². The zero-order chi connectivity index (χ0) is 17.5. The van der Waals surface area contributed by atoms with E-state index in [4.69, 9.17) is 11.6 Å². The molecule has 0 aliphatic heterocycles. The average Bonchev–Trinajstić information content (AvgIpc) is 2.83. The zero-order valence-corrected chi connectivity index (χ0v) is 12.7. The van der Waals surface area contributed by atoms with Crippen molar-refractivity contribution in [3.05, 3.63) is 64.1 Å². The molecule has 0 aliphatic rings. The Hall–Kier alpha value is -2.41. The number of hydrogen-bond acceptors (Lipinski definition) is 2. The molecule has 0 atom stereocenters. The summed E-state index contributed by atoms with van der Waals surface area (Å²) in [6.07, 6.45) is -4.04. The molecule has 3 aromatic rings. The van der Waals surface area contributed by atoms with Crippen molar-refractivity contribution >= 4 is 28.8 Å². The van der Waals surface area contributed by atoms with E-state index >= 15 is 0 Å². The van der Waals surface area contributed by atoms with E-state index in [1.807, 2.05) is 0 Å². The first-order chi connectivity index (χ1) is 11.3. The van der Waals surface area contributed by atoms with Crippen LogP contribution in [0.4, 0.5) is 17.6 Å². The molecule has 0 radical (unpaired) electrons. The number of aldehydes is 1. The summed E-state index contributed by atoms with van der Waals surface area (Å²) in [5, 5.41) is 3.67. The molecule has 24 heavy (non-hydrogen) atoms. The molecular formula is C16H9ClF4N2O. The Labute approximate surface area is 138 Å². The standard InChI is InChI=1S/C16H9ClF4N2O/c17-11-3-2-10(13(6-11)16(19,20)21)7-23-14-4-1-9(8-24)5-12(14)15(18)22-23/h1-6,8H,7H2. The minimum Gasteiger partial charge on any atom is -0.298 e. The van der Waals surface area contributed by atoms with Crippen LogP contribution in [-0.4, -0.2) is 16.1 Å². The van der Waals surface area contributed by atoms with E-state index in [0.29, 0.717) is 11.8 Å². The average molecular weight is 357 g/mol. The molecule has 2 aromatic carbocycles. The summed E-state index contributed by atoms with van der Waals surface area (Å²) in [7, 11) is 0. The van der Waals surface area contributed by atoms with Crippen molar-refractivity contribution in [2.24, 2.45) is 0 Å². The van der Waals surface area contributed by atoms with Gasteiger partial charge in [0.15, 0.2) is 0 Å². The molecule has 0 saturated heterocycles. The van der Waals surface area contributed by atoms with Crippen molar-refractivity contribution in [2.75, 3.05) is 0 Å². The lowest BCUT2D eigenvalue weighted by atomic mass is 10.1. The summed E-state index contributed by atoms with van der Waals surface area (Å²) < 4.78 is 54.5. The van der Waals surface area contributed by atoms with E-state index < -0.39 is 17.7 Å². The van der Waals surface area contributed by atoms with Gasteiger partial charge in [0.2, 0.25) is 5.95 Å². The summed E-state index contributed by atoms with van der Waals surface area (Å²) in [4.78, 5) is 10.8. The summed E-state index contributed by atoms with van der Waals surface area (Å²) in [6, 6.07) is 7.57. The monoisotopic (exact) mass is 356 g/mol. The fourth-order valence-corrected chi connectivity index (χ4v) is 2.64. The minimum atomic E-state index is -4.59. The number of halogens is 5. The van der Waals surface area contributed by atoms with E-state index in [2.05, 4.69) is 5.10 Å². The van der Waals surface area contributed by atoms with Crippen LogP contribution < -0.4 is 0 Å². The third-order valence-electron chi connectivity index (χ3n) is 3.56. The number of carbonyl (C=O) groups excluding carboxylic acids is 1. The van der Waals surface area contributed by atoms with Crippen LogP contribution in [0.3, 0.4) is 0 Å². The number of hydrogen-bond donors (Lipinski definition) is 0. The molecule has 1 heterocycles. The van der Waals surface area contributed by atoms with Crippen molar-refractivity contribution in [1.29, 1.82) is 0 Å². The Balaban J connectivity index is 2.10. The molecule has 124 valence electrons. The zero-order valence-electron chi connectivity index (χ0n) is 11.9. The van der Waals surface area contributed by atoms with Gasteiger partial charge in [0, 0.05) is 10.6 Å². The topological polar surface area (TPSA) is 34.9 Å². The molecule has 0 bridgehead atoms. The lowest BCUT2D eigenvalue weighted by molar-refractivity contribution is -0.138. The molecular weight excluding hydrogens is 348 g/mol. The summed E-state index contributed by atoms with van der Waals surface area (Å²) in [5.74, 6) is -0.851. The van der Waals surface area contributed by atoms with E-state index in [9.17, 15) is 22.4 Å². The van der Waals surface area contributed by atoms with Crippen molar-refractivity contribution in [3.63, 3.8) is 0 Å². The predicted octanol–water partition coefficient (Wildman–Crippen LogP) is 4.71. The van der Waals surface area contributed by atoms with Crippen LogP contribution in [0.25, 0.3) is 10.9 Å². The van der Waals surface area contributed by atoms with Gasteiger partial charge in [-0.3, -0.25) is 9.48 Å². The van der Waals surface area contributed by atoms with Gasteiger partial charge in [-0.1, -0.05) is 17.7 Å². The lowest BCUT2D eigenvalue weighted by Crippen LogP contribution is -2.12. The maximum Gasteiger partial charge on any atom is 0.416 e. The Bertz CT molecular complexity index is 934. The Morgan fingerprint density at radius 3 is 2.58 bits per heavy atom. The van der Waals surface area contributed by atoms with E-state index in [-0.39, 0.29) is 28.1 Å². The SMILES string of the molecule is O=Cc1ccc2c(c1)c(F)nn2Cc1ccc(Cl)cc1C(F)(F)F. The second kappa shape index (κ2) is 5.90. The highest BCUT2D eigenvalue weighted by Gasteiger charge is 2.33. The van der Waals surface area contributed by atoms with Crippen molar-refractivity contribution in [3.8, 4) is 0 Å². The third kappa shape index (κ3) is 2.99. The second-order valence-electron chi connectivity index (χ2n) is 5.14. The highest BCUT2D eigenvalue weighted by Crippen LogP contribution is 2.34. The van der Waals surface area contributed by atoms with Crippen LogP contribution in [0.5, 0.6) is 0 Å². The lowest BCUT2D eigenvalue weighted by Gasteiger charge is -2.13. The molecule has 0 unspecified atom stereocenters. The van der Waals surface area contributed by atoms with Crippen LogP contribution >= 0.6 is 11.6 Å². The van der Waals surface area contributed by atoms with Crippen LogP contribution in [0.15, 0.2) is 36.4 Å². The number of rotatable bonds is 3. The highest BCUT2D eigenvalue weighted by atomic mass is 35.5. The van der Waals surface area contributed by atoms with Crippen molar-refractivity contribution in [1.82, 2.24) is 9.78 Å². The number of alkyl halides is 3. The molecule has 0 amide bonds. The van der Waals surface area contributed by atoms with Gasteiger partial charge in [-0.2, -0.15) is 17.6 Å². The summed E-state index contributed by atoms with van der Waals surface area (Å²) >= 11 is 5.64. The summed E-state index contributed by atoms with van der Waals surface area (Å²) in [5.41, 5.74) is -0.441. The summed E-state index contributed by atoms with van der Waals surface area (Å²) in [6.45, 7) is -0.285. The van der Waals surface area contributed by atoms with Crippen molar-refractivity contribution in [2.45, 2.75) is 12.7 Å². The fourth-order valence-electron chi connectivity index (χ4n) is 2.46. The molecule has 3 rings (SSSR count). The van der Waals surface area contributed by atoms with Gasteiger partial charge in [0.1, 0.15) is 6.29 Å². The Morgan fingerprint density at radius 1 is 1.17 bits per heavy atom. The molecule has 1 aromatic heterocycles. The van der Waals surface area contributed by atoms with E-state index in [1.54, 1.807) is 0 Å². The first-order valence-electron chi connectivity index (χ1n) is 6.76. The molecule has 3 nitrogen and oxygen atoms in total. The van der Waals surface area contributed by atoms with Gasteiger partial charge in [-0.25, -0.2) is 0 Å². The molecule has 0 spiro atoms. The predicted molar refractivity (Wildman–Crippen MR) is 80.6 cm³/mol. The second-order valence-corrected chi connectivity index (χ2v) is 5.58. The van der Waals surface area contributed by atoms with E-state index in [1.165, 1.54) is 30.3 Å². The number of aromatic nitrogens is 2. The fraction of sp³-hybridized carbons (Fsp3) is 0.125. The van der Waals surface area contributed by atoms with Crippen LogP contribution in [0, 0.1) is 5.95 Å². The molecule has 0 N–H and O–H groups in total. The number of nitrogens with zero attached hydrogens (tertiary/aromatic N) is 2. The first kappa shape index (κ1) is 16.4. The maximum absolute atomic E-state index is 13.9. The smallest absolute Gasteiger partial charge is 0.298 e. The number of benzene rings is 2. The Kier molecular flexibility index (Phi) is 4.04. The van der Waals surface area contributed by atoms with Gasteiger partial charge >= 0.3 is 6.18 Å². The number of fused-ring (bicyclic) bond motifs is 1. The molecule has 0 saturated carbocycles. The largest absolute Gasteiger partial charge is 0.416 e. The quantitative estimate of drug-likeness (QED) is 0.503. The molecule has 8 heteroatoms. The normalized spacial score (nSPS) is 11.9. The first-order valence-corrected chi connectivity index (χ1v) is 7.14. The Morgan fingerprint density at radius 2 is 1.92 bits per heavy atom. The molecule has 0 aliphatic carbocycles.